The third-order valence-corrected chi connectivity index (χ3v) is 5.89. The van der Waals surface area contributed by atoms with Gasteiger partial charge in [0.15, 0.2) is 5.16 Å². The topological polar surface area (TPSA) is 86.3 Å². The predicted molar refractivity (Wildman–Crippen MR) is 119 cm³/mol. The number of pyridine rings is 1. The Bertz CT molecular complexity index is 996. The normalized spacial score (nSPS) is 12.9. The second-order valence-corrected chi connectivity index (χ2v) is 8.10. The first-order chi connectivity index (χ1) is 14.0. The second kappa shape index (κ2) is 11.8. The number of hydrogen-bond acceptors (Lipinski definition) is 6. The van der Waals surface area contributed by atoms with Crippen LogP contribution in [0.5, 0.6) is 11.5 Å². The van der Waals surface area contributed by atoms with Gasteiger partial charge in [0.1, 0.15) is 18.1 Å². The van der Waals surface area contributed by atoms with Gasteiger partial charge in [-0.3, -0.25) is 9.19 Å². The zero-order valence-corrected chi connectivity index (χ0v) is 21.0. The number of ether oxygens (including phenoxy) is 3. The molecule has 0 fully saturated rings. The zero-order chi connectivity index (χ0) is 20.8. The van der Waals surface area contributed by atoms with Gasteiger partial charge >= 0.3 is 0 Å². The summed E-state index contributed by atoms with van der Waals surface area (Å²) < 4.78 is 29.5. The number of rotatable bonds is 10. The van der Waals surface area contributed by atoms with Crippen molar-refractivity contribution >= 4 is 51.4 Å². The molecule has 0 aliphatic heterocycles. The molecule has 2 heterocycles. The van der Waals surface area contributed by atoms with Crippen molar-refractivity contribution in [3.05, 3.63) is 41.7 Å². The van der Waals surface area contributed by atoms with Crippen molar-refractivity contribution in [2.24, 2.45) is 0 Å². The predicted octanol–water partition coefficient (Wildman–Crippen LogP) is 3.40. The molecule has 0 spiro atoms. The number of methoxy groups -OCH3 is 1. The summed E-state index contributed by atoms with van der Waals surface area (Å²) >= 11 is 0. The van der Waals surface area contributed by atoms with E-state index in [1.807, 2.05) is 38.1 Å². The van der Waals surface area contributed by atoms with Crippen LogP contribution in [-0.4, -0.2) is 75.1 Å². The molecule has 0 aliphatic rings. The first kappa shape index (κ1) is 24.8. The van der Waals surface area contributed by atoms with E-state index in [1.54, 1.807) is 13.3 Å². The summed E-state index contributed by atoms with van der Waals surface area (Å²) in [5, 5.41) is 0.419. The van der Waals surface area contributed by atoms with Crippen molar-refractivity contribution in [1.82, 2.24) is 15.0 Å². The van der Waals surface area contributed by atoms with Crippen LogP contribution < -0.4 is 9.47 Å². The van der Waals surface area contributed by atoms with E-state index in [9.17, 15) is 4.21 Å². The van der Waals surface area contributed by atoms with Gasteiger partial charge in [-0.1, -0.05) is 6.92 Å². The van der Waals surface area contributed by atoms with Gasteiger partial charge in [-0.2, -0.15) is 0 Å². The van der Waals surface area contributed by atoms with Crippen molar-refractivity contribution in [3.63, 3.8) is 0 Å². The van der Waals surface area contributed by atoms with Crippen molar-refractivity contribution in [2.45, 2.75) is 44.2 Å². The van der Waals surface area contributed by atoms with E-state index in [0.29, 0.717) is 18.4 Å². The van der Waals surface area contributed by atoms with E-state index in [-0.39, 0.29) is 41.4 Å². The molecule has 0 saturated carbocycles. The van der Waals surface area contributed by atoms with E-state index in [2.05, 4.69) is 21.9 Å². The molecule has 9 heteroatoms. The van der Waals surface area contributed by atoms with Gasteiger partial charge in [0, 0.05) is 47.4 Å². The summed E-state index contributed by atoms with van der Waals surface area (Å²) in [4.78, 5) is 11.9. The first-order valence-corrected chi connectivity index (χ1v) is 10.9. The Hall–Kier alpha value is -1.45. The molecule has 1 N–H and O–H groups in total. The summed E-state index contributed by atoms with van der Waals surface area (Å²) in [6.07, 6.45) is 2.87. The molecule has 3 rings (SSSR count). The van der Waals surface area contributed by atoms with E-state index in [1.165, 1.54) is 0 Å². The number of nitrogens with one attached hydrogen (secondary N) is 1. The third kappa shape index (κ3) is 6.28. The molecule has 2 aromatic heterocycles. The largest absolute Gasteiger partial charge is 0.497 e. The Kier molecular flexibility index (Phi) is 9.77. The average molecular weight is 441 g/mol. The van der Waals surface area contributed by atoms with Crippen LogP contribution in [0.2, 0.25) is 0 Å². The molecule has 3 aromatic rings. The van der Waals surface area contributed by atoms with E-state index in [4.69, 9.17) is 14.2 Å². The molecule has 2 unspecified atom stereocenters. The number of aromatic nitrogens is 3. The summed E-state index contributed by atoms with van der Waals surface area (Å²) in [5.41, 5.74) is 3.14. The van der Waals surface area contributed by atoms with E-state index in [0.717, 1.165) is 40.2 Å². The Balaban J connectivity index is 0.00000320. The number of benzene rings is 1. The van der Waals surface area contributed by atoms with Gasteiger partial charge in [-0.05, 0) is 38.5 Å². The van der Waals surface area contributed by atoms with Crippen LogP contribution in [0.15, 0.2) is 35.6 Å². The fourth-order valence-corrected chi connectivity index (χ4v) is 3.87. The molecule has 0 amide bonds. The first-order valence-electron chi connectivity index (χ1n) is 9.62. The Morgan fingerprint density at radius 1 is 1.23 bits per heavy atom. The van der Waals surface area contributed by atoms with Gasteiger partial charge in [0.25, 0.3) is 0 Å². The number of imidazole rings is 1. The summed E-state index contributed by atoms with van der Waals surface area (Å²) in [7, 11) is 0.249. The van der Waals surface area contributed by atoms with Crippen molar-refractivity contribution < 1.29 is 18.4 Å². The van der Waals surface area contributed by atoms with Crippen molar-refractivity contribution in [2.75, 3.05) is 20.3 Å². The average Bonchev–Trinajstić information content (AvgIpc) is 3.16. The van der Waals surface area contributed by atoms with E-state index < -0.39 is 10.8 Å². The Morgan fingerprint density at radius 3 is 2.77 bits per heavy atom. The molecule has 2 atom stereocenters. The minimum Gasteiger partial charge on any atom is -0.497 e. The van der Waals surface area contributed by atoms with Crippen LogP contribution in [0.4, 0.5) is 0 Å². The molecular formula is C21H27N3NaO4S. The monoisotopic (exact) mass is 440 g/mol. The maximum absolute atomic E-state index is 12.9. The van der Waals surface area contributed by atoms with Crippen LogP contribution in [0, 0.1) is 6.92 Å². The minimum absolute atomic E-state index is 0. The fraction of sp³-hybridized carbons (Fsp3) is 0.429. The number of H-pyrrole nitrogens is 1. The smallest absolute Gasteiger partial charge is 0.197 e. The van der Waals surface area contributed by atoms with Crippen LogP contribution in [-0.2, 0) is 21.3 Å². The van der Waals surface area contributed by atoms with Crippen molar-refractivity contribution in [3.8, 4) is 11.5 Å². The van der Waals surface area contributed by atoms with Gasteiger partial charge in [0.2, 0.25) is 0 Å². The molecule has 30 heavy (non-hydrogen) atoms. The Morgan fingerprint density at radius 2 is 2.03 bits per heavy atom. The van der Waals surface area contributed by atoms with Crippen LogP contribution in [0.1, 0.15) is 31.5 Å². The minimum atomic E-state index is -1.36. The molecule has 0 aliphatic carbocycles. The fourth-order valence-electron chi connectivity index (χ4n) is 2.77. The quantitative estimate of drug-likeness (QED) is 0.384. The van der Waals surface area contributed by atoms with Crippen LogP contribution >= 0.6 is 0 Å². The number of nitrogens with zero attached hydrogens (tertiary/aromatic N) is 2. The SMILES string of the molecule is CCC(C)OCCOc1ccnc(CS(=O)c2nc3ccc(OC)cc3[nH]2)c1C.[Na]. The van der Waals surface area contributed by atoms with Crippen LogP contribution in [0.25, 0.3) is 11.0 Å². The maximum Gasteiger partial charge on any atom is 0.197 e. The van der Waals surface area contributed by atoms with Crippen LogP contribution in [0.3, 0.4) is 0 Å². The third-order valence-electron chi connectivity index (χ3n) is 4.73. The molecule has 1 aromatic carbocycles. The standard InChI is InChI=1S/C21H27N3O4S.Na/c1-5-14(2)27-10-11-28-20-8-9-22-19(15(20)3)13-29(25)21-23-17-7-6-16(26-4)12-18(17)24-21;/h6-9,12,14H,5,10-11,13H2,1-4H3,(H,23,24);. The number of hydrogen-bond donors (Lipinski definition) is 1. The summed E-state index contributed by atoms with van der Waals surface area (Å²) in [5.74, 6) is 1.70. The molecular weight excluding hydrogens is 413 g/mol. The second-order valence-electron chi connectivity index (χ2n) is 6.73. The van der Waals surface area contributed by atoms with Gasteiger partial charge in [0.05, 0.1) is 53.1 Å². The molecule has 1 radical (unpaired) electrons. The molecule has 157 valence electrons. The van der Waals surface area contributed by atoms with E-state index >= 15 is 0 Å². The van der Waals surface area contributed by atoms with Crippen molar-refractivity contribution in [1.29, 1.82) is 0 Å². The molecule has 0 bridgehead atoms. The maximum atomic E-state index is 12.9. The Labute approximate surface area is 201 Å². The van der Waals surface area contributed by atoms with Gasteiger partial charge in [-0.25, -0.2) is 4.98 Å². The summed E-state index contributed by atoms with van der Waals surface area (Å²) in [6, 6.07) is 7.32. The molecule has 7 nitrogen and oxygen atoms in total. The number of aromatic amines is 1. The number of fused-ring (bicyclic) bond motifs is 1. The summed E-state index contributed by atoms with van der Waals surface area (Å²) in [6.45, 7) is 7.04. The van der Waals surface area contributed by atoms with Gasteiger partial charge < -0.3 is 19.2 Å². The van der Waals surface area contributed by atoms with Gasteiger partial charge in [-0.15, -0.1) is 0 Å². The molecule has 0 saturated heterocycles. The zero-order valence-electron chi connectivity index (χ0n) is 18.2.